The van der Waals surface area contributed by atoms with Crippen LogP contribution >= 0.6 is 7.82 Å². The summed E-state index contributed by atoms with van der Waals surface area (Å²) in [6.07, 6.45) is 0.582. The third-order valence-electron chi connectivity index (χ3n) is 2.35. The van der Waals surface area contributed by atoms with Crippen LogP contribution in [0.2, 0.25) is 0 Å². The smallest absolute Gasteiger partial charge is 0.464 e. The number of methoxy groups -OCH3 is 1. The van der Waals surface area contributed by atoms with Crippen LogP contribution in [0.5, 0.6) is 0 Å². The van der Waals surface area contributed by atoms with E-state index in [0.29, 0.717) is 17.7 Å². The molecule has 18 heavy (non-hydrogen) atoms. The van der Waals surface area contributed by atoms with Gasteiger partial charge in [-0.05, 0) is 13.3 Å². The normalized spacial score (nSPS) is 11.6. The summed E-state index contributed by atoms with van der Waals surface area (Å²) in [5, 5.41) is 4.05. The number of carbonyl (C=O) groups is 1. The summed E-state index contributed by atoms with van der Waals surface area (Å²) in [4.78, 5) is 28.8. The number of rotatable bonds is 5. The Hall–Kier alpha value is -1.21. The number of hydrogen-bond donors (Lipinski definition) is 2. The molecule has 0 spiro atoms. The monoisotopic (exact) mass is 278 g/mol. The Bertz CT molecular complexity index is 491. The lowest BCUT2D eigenvalue weighted by atomic mass is 10.2. The van der Waals surface area contributed by atoms with E-state index in [-0.39, 0.29) is 5.69 Å². The molecule has 0 radical (unpaired) electrons. The van der Waals surface area contributed by atoms with Crippen LogP contribution in [-0.2, 0) is 27.0 Å². The SMILES string of the molecule is CCc1nn(COP(=O)(O)O)c(C(=O)OC)c1C. The summed E-state index contributed by atoms with van der Waals surface area (Å²) < 4.78 is 20.6. The number of ether oxygens (including phenoxy) is 1. The molecular weight excluding hydrogens is 263 g/mol. The van der Waals surface area contributed by atoms with Gasteiger partial charge in [-0.25, -0.2) is 14.0 Å². The maximum atomic E-state index is 11.6. The Balaban J connectivity index is 3.09. The zero-order valence-electron chi connectivity index (χ0n) is 10.3. The molecule has 0 aliphatic rings. The minimum absolute atomic E-state index is 0.128. The molecule has 0 amide bonds. The first-order valence-electron chi connectivity index (χ1n) is 5.14. The number of phosphoric acid groups is 1. The summed E-state index contributed by atoms with van der Waals surface area (Å²) in [7, 11) is -3.40. The quantitative estimate of drug-likeness (QED) is 0.599. The van der Waals surface area contributed by atoms with Crippen molar-refractivity contribution in [3.8, 4) is 0 Å². The van der Waals surface area contributed by atoms with Crippen molar-refractivity contribution in [1.82, 2.24) is 9.78 Å². The zero-order chi connectivity index (χ0) is 13.9. The molecule has 0 bridgehead atoms. The highest BCUT2D eigenvalue weighted by atomic mass is 31.2. The van der Waals surface area contributed by atoms with Gasteiger partial charge in [0.2, 0.25) is 0 Å². The van der Waals surface area contributed by atoms with Crippen LogP contribution in [0, 0.1) is 6.92 Å². The van der Waals surface area contributed by atoms with Crippen molar-refractivity contribution in [2.45, 2.75) is 27.0 Å². The van der Waals surface area contributed by atoms with Crippen LogP contribution < -0.4 is 0 Å². The van der Waals surface area contributed by atoms with Crippen molar-refractivity contribution >= 4 is 13.8 Å². The second kappa shape index (κ2) is 5.62. The maximum Gasteiger partial charge on any atom is 0.471 e. The molecule has 1 aromatic heterocycles. The number of esters is 1. The second-order valence-corrected chi connectivity index (χ2v) is 4.75. The van der Waals surface area contributed by atoms with Gasteiger partial charge in [-0.2, -0.15) is 5.10 Å². The van der Waals surface area contributed by atoms with Crippen molar-refractivity contribution in [1.29, 1.82) is 0 Å². The van der Waals surface area contributed by atoms with E-state index in [2.05, 4.69) is 14.4 Å². The zero-order valence-corrected chi connectivity index (χ0v) is 11.2. The number of aryl methyl sites for hydroxylation is 1. The summed E-state index contributed by atoms with van der Waals surface area (Å²) in [5.74, 6) is -0.631. The molecule has 0 atom stereocenters. The Morgan fingerprint density at radius 2 is 2.11 bits per heavy atom. The van der Waals surface area contributed by atoms with Gasteiger partial charge in [0.1, 0.15) is 0 Å². The molecule has 0 fully saturated rings. The van der Waals surface area contributed by atoms with Gasteiger partial charge in [0.25, 0.3) is 0 Å². The van der Waals surface area contributed by atoms with Gasteiger partial charge < -0.3 is 14.5 Å². The van der Waals surface area contributed by atoms with Crippen LogP contribution in [0.15, 0.2) is 0 Å². The Kier molecular flexibility index (Phi) is 4.64. The minimum atomic E-state index is -4.62. The lowest BCUT2D eigenvalue weighted by Crippen LogP contribution is -2.14. The Labute approximate surface area is 104 Å². The minimum Gasteiger partial charge on any atom is -0.464 e. The van der Waals surface area contributed by atoms with Crippen molar-refractivity contribution < 1.29 is 28.4 Å². The van der Waals surface area contributed by atoms with Gasteiger partial charge in [0, 0.05) is 5.56 Å². The van der Waals surface area contributed by atoms with Crippen molar-refractivity contribution in [2.75, 3.05) is 7.11 Å². The van der Waals surface area contributed by atoms with Crippen molar-refractivity contribution in [3.05, 3.63) is 17.0 Å². The molecule has 0 saturated heterocycles. The molecule has 0 unspecified atom stereocenters. The number of nitrogens with zero attached hydrogens (tertiary/aromatic N) is 2. The van der Waals surface area contributed by atoms with Gasteiger partial charge in [0.05, 0.1) is 12.8 Å². The second-order valence-electron chi connectivity index (χ2n) is 3.51. The molecule has 2 N–H and O–H groups in total. The molecule has 0 aromatic carbocycles. The van der Waals surface area contributed by atoms with Crippen molar-refractivity contribution in [3.63, 3.8) is 0 Å². The molecular formula is C9H15N2O6P. The number of phosphoric ester groups is 1. The number of aromatic nitrogens is 2. The first-order valence-corrected chi connectivity index (χ1v) is 6.67. The summed E-state index contributed by atoms with van der Waals surface area (Å²) in [6.45, 7) is 3.02. The molecule has 1 aromatic rings. The predicted molar refractivity (Wildman–Crippen MR) is 60.8 cm³/mol. The van der Waals surface area contributed by atoms with E-state index in [1.165, 1.54) is 7.11 Å². The highest BCUT2D eigenvalue weighted by Crippen LogP contribution is 2.36. The molecule has 9 heteroatoms. The molecule has 1 rings (SSSR count). The fraction of sp³-hybridized carbons (Fsp3) is 0.556. The van der Waals surface area contributed by atoms with Gasteiger partial charge in [-0.15, -0.1) is 0 Å². The molecule has 0 saturated carbocycles. The molecule has 102 valence electrons. The molecule has 0 aliphatic heterocycles. The van der Waals surface area contributed by atoms with Gasteiger partial charge in [-0.3, -0.25) is 4.52 Å². The number of carbonyl (C=O) groups excluding carboxylic acids is 1. The van der Waals surface area contributed by atoms with E-state index < -0.39 is 20.5 Å². The lowest BCUT2D eigenvalue weighted by molar-refractivity contribution is 0.0568. The molecule has 0 aliphatic carbocycles. The van der Waals surface area contributed by atoms with E-state index in [1.807, 2.05) is 6.92 Å². The number of hydrogen-bond acceptors (Lipinski definition) is 5. The van der Waals surface area contributed by atoms with E-state index in [4.69, 9.17) is 9.79 Å². The van der Waals surface area contributed by atoms with E-state index >= 15 is 0 Å². The van der Waals surface area contributed by atoms with E-state index in [0.717, 1.165) is 4.68 Å². The van der Waals surface area contributed by atoms with Crippen LogP contribution in [-0.4, -0.2) is 32.6 Å². The largest absolute Gasteiger partial charge is 0.471 e. The average Bonchev–Trinajstić information content (AvgIpc) is 2.61. The Morgan fingerprint density at radius 3 is 2.56 bits per heavy atom. The van der Waals surface area contributed by atoms with Gasteiger partial charge in [-0.1, -0.05) is 6.92 Å². The fourth-order valence-corrected chi connectivity index (χ4v) is 1.78. The van der Waals surface area contributed by atoms with Crippen LogP contribution in [0.3, 0.4) is 0 Å². The standard InChI is InChI=1S/C9H15N2O6P/c1-4-7-6(2)8(9(12)16-3)11(10-7)5-17-18(13,14)15/h4-5H2,1-3H3,(H2,13,14,15). The highest BCUT2D eigenvalue weighted by Gasteiger charge is 2.23. The predicted octanol–water partition coefficient (Wildman–Crippen LogP) is 0.607. The van der Waals surface area contributed by atoms with Gasteiger partial charge >= 0.3 is 13.8 Å². The third kappa shape index (κ3) is 3.39. The summed E-state index contributed by atoms with van der Waals surface area (Å²) >= 11 is 0. The fourth-order valence-electron chi connectivity index (χ4n) is 1.52. The summed E-state index contributed by atoms with van der Waals surface area (Å²) in [6, 6.07) is 0. The van der Waals surface area contributed by atoms with Gasteiger partial charge in [0.15, 0.2) is 12.4 Å². The molecule has 8 nitrogen and oxygen atoms in total. The maximum absolute atomic E-state index is 11.6. The Morgan fingerprint density at radius 1 is 1.50 bits per heavy atom. The van der Waals surface area contributed by atoms with Crippen LogP contribution in [0.4, 0.5) is 0 Å². The van der Waals surface area contributed by atoms with Crippen LogP contribution in [0.1, 0.15) is 28.7 Å². The highest BCUT2D eigenvalue weighted by molar-refractivity contribution is 7.46. The van der Waals surface area contributed by atoms with E-state index in [1.54, 1.807) is 6.92 Å². The first-order chi connectivity index (χ1) is 8.30. The molecule has 1 heterocycles. The van der Waals surface area contributed by atoms with Crippen LogP contribution in [0.25, 0.3) is 0 Å². The topological polar surface area (TPSA) is 111 Å². The first kappa shape index (κ1) is 14.8. The van der Waals surface area contributed by atoms with Crippen molar-refractivity contribution in [2.24, 2.45) is 0 Å². The summed E-state index contributed by atoms with van der Waals surface area (Å²) in [5.41, 5.74) is 1.38. The lowest BCUT2D eigenvalue weighted by Gasteiger charge is -2.08. The van der Waals surface area contributed by atoms with E-state index in [9.17, 15) is 9.36 Å². The third-order valence-corrected chi connectivity index (χ3v) is 2.80. The average molecular weight is 278 g/mol.